The van der Waals surface area contributed by atoms with Crippen LogP contribution in [0.5, 0.6) is 0 Å². The second kappa shape index (κ2) is 9.29. The molecule has 2 amide bonds. The van der Waals surface area contributed by atoms with Crippen molar-refractivity contribution in [3.05, 3.63) is 66.1 Å². The second-order valence-corrected chi connectivity index (χ2v) is 8.31. The van der Waals surface area contributed by atoms with Crippen LogP contribution in [0.2, 0.25) is 0 Å². The SMILES string of the molecule is CC[C@H](C)[C@H](NC(=O)c1ccccc1)C(=O)N1CCC[C@H](c2nnc3ccccn23)C1. The highest BCUT2D eigenvalue weighted by atomic mass is 16.2. The minimum Gasteiger partial charge on any atom is -0.340 e. The molecule has 1 aliphatic heterocycles. The third kappa shape index (κ3) is 4.45. The lowest BCUT2D eigenvalue weighted by atomic mass is 9.93. The molecule has 2 aromatic heterocycles. The molecule has 7 heteroatoms. The number of likely N-dealkylation sites (tertiary alicyclic amines) is 1. The van der Waals surface area contributed by atoms with E-state index in [2.05, 4.69) is 15.5 Å². The molecule has 1 aliphatic rings. The van der Waals surface area contributed by atoms with Crippen molar-refractivity contribution >= 4 is 17.5 Å². The molecule has 1 aromatic carbocycles. The third-order valence-corrected chi connectivity index (χ3v) is 6.24. The molecule has 31 heavy (non-hydrogen) atoms. The summed E-state index contributed by atoms with van der Waals surface area (Å²) in [5.74, 6) is 0.821. The molecular weight excluding hydrogens is 390 g/mol. The summed E-state index contributed by atoms with van der Waals surface area (Å²) in [4.78, 5) is 28.2. The molecule has 0 radical (unpaired) electrons. The quantitative estimate of drug-likeness (QED) is 0.665. The van der Waals surface area contributed by atoms with Crippen molar-refractivity contribution in [2.24, 2.45) is 5.92 Å². The fraction of sp³-hybridized carbons (Fsp3) is 0.417. The number of carbonyl (C=O) groups excluding carboxylic acids is 2. The zero-order chi connectivity index (χ0) is 21.8. The number of piperidine rings is 1. The van der Waals surface area contributed by atoms with Crippen LogP contribution in [0.4, 0.5) is 0 Å². The molecule has 3 aromatic rings. The van der Waals surface area contributed by atoms with Gasteiger partial charge >= 0.3 is 0 Å². The van der Waals surface area contributed by atoms with Gasteiger partial charge in [-0.3, -0.25) is 14.0 Å². The highest BCUT2D eigenvalue weighted by molar-refractivity contribution is 5.97. The molecule has 1 N–H and O–H groups in total. The molecule has 0 aliphatic carbocycles. The highest BCUT2D eigenvalue weighted by Gasteiger charge is 2.34. The lowest BCUT2D eigenvalue weighted by Gasteiger charge is -2.36. The molecule has 0 bridgehead atoms. The van der Waals surface area contributed by atoms with Crippen LogP contribution in [0.15, 0.2) is 54.7 Å². The van der Waals surface area contributed by atoms with E-state index in [1.54, 1.807) is 12.1 Å². The predicted octanol–water partition coefficient (Wildman–Crippen LogP) is 3.28. The Bertz CT molecular complexity index is 1050. The van der Waals surface area contributed by atoms with Crippen molar-refractivity contribution in [3.8, 4) is 0 Å². The van der Waals surface area contributed by atoms with Gasteiger partial charge in [-0.15, -0.1) is 10.2 Å². The smallest absolute Gasteiger partial charge is 0.251 e. The Labute approximate surface area is 182 Å². The summed E-state index contributed by atoms with van der Waals surface area (Å²) in [6.45, 7) is 5.34. The van der Waals surface area contributed by atoms with Crippen LogP contribution < -0.4 is 5.32 Å². The zero-order valence-electron chi connectivity index (χ0n) is 18.1. The van der Waals surface area contributed by atoms with E-state index in [4.69, 9.17) is 0 Å². The van der Waals surface area contributed by atoms with E-state index in [1.807, 2.05) is 65.7 Å². The molecule has 3 atom stereocenters. The number of nitrogens with one attached hydrogen (secondary N) is 1. The average molecular weight is 420 g/mol. The third-order valence-electron chi connectivity index (χ3n) is 6.24. The summed E-state index contributed by atoms with van der Waals surface area (Å²) < 4.78 is 2.00. The predicted molar refractivity (Wildman–Crippen MR) is 119 cm³/mol. The van der Waals surface area contributed by atoms with E-state index >= 15 is 0 Å². The minimum atomic E-state index is -0.549. The lowest BCUT2D eigenvalue weighted by Crippen LogP contribution is -2.53. The van der Waals surface area contributed by atoms with Crippen LogP contribution in [-0.4, -0.2) is 50.4 Å². The van der Waals surface area contributed by atoms with Crippen molar-refractivity contribution < 1.29 is 9.59 Å². The van der Waals surface area contributed by atoms with Gasteiger partial charge in [0, 0.05) is 30.8 Å². The van der Waals surface area contributed by atoms with Crippen LogP contribution in [-0.2, 0) is 4.79 Å². The van der Waals surface area contributed by atoms with Crippen LogP contribution in [0, 0.1) is 5.92 Å². The Morgan fingerprint density at radius 1 is 1.13 bits per heavy atom. The van der Waals surface area contributed by atoms with Gasteiger partial charge in [0.25, 0.3) is 5.91 Å². The van der Waals surface area contributed by atoms with Crippen molar-refractivity contribution in [2.75, 3.05) is 13.1 Å². The number of fused-ring (bicyclic) bond motifs is 1. The maximum absolute atomic E-state index is 13.5. The molecular formula is C24H29N5O2. The first-order valence-electron chi connectivity index (χ1n) is 11.0. The maximum atomic E-state index is 13.5. The Kier molecular flexibility index (Phi) is 6.30. The number of hydrogen-bond donors (Lipinski definition) is 1. The van der Waals surface area contributed by atoms with Gasteiger partial charge in [-0.05, 0) is 43.0 Å². The largest absolute Gasteiger partial charge is 0.340 e. The number of rotatable bonds is 6. The number of amides is 2. The number of carbonyl (C=O) groups is 2. The highest BCUT2D eigenvalue weighted by Crippen LogP contribution is 2.27. The number of benzene rings is 1. The van der Waals surface area contributed by atoms with Crippen molar-refractivity contribution in [2.45, 2.75) is 45.1 Å². The molecule has 7 nitrogen and oxygen atoms in total. The zero-order valence-corrected chi connectivity index (χ0v) is 18.1. The average Bonchev–Trinajstić information content (AvgIpc) is 3.26. The Morgan fingerprint density at radius 3 is 2.68 bits per heavy atom. The number of hydrogen-bond acceptors (Lipinski definition) is 4. The first-order chi connectivity index (χ1) is 15.1. The molecule has 162 valence electrons. The second-order valence-electron chi connectivity index (χ2n) is 8.31. The van der Waals surface area contributed by atoms with E-state index in [0.29, 0.717) is 18.7 Å². The topological polar surface area (TPSA) is 79.6 Å². The number of aromatic nitrogens is 3. The van der Waals surface area contributed by atoms with E-state index < -0.39 is 6.04 Å². The van der Waals surface area contributed by atoms with Crippen molar-refractivity contribution in [3.63, 3.8) is 0 Å². The van der Waals surface area contributed by atoms with E-state index in [1.165, 1.54) is 0 Å². The fourth-order valence-corrected chi connectivity index (χ4v) is 4.22. The van der Waals surface area contributed by atoms with E-state index in [9.17, 15) is 9.59 Å². The van der Waals surface area contributed by atoms with E-state index in [0.717, 1.165) is 30.7 Å². The van der Waals surface area contributed by atoms with Gasteiger partial charge in [0.2, 0.25) is 5.91 Å². The molecule has 4 rings (SSSR count). The van der Waals surface area contributed by atoms with Crippen LogP contribution >= 0.6 is 0 Å². The Balaban J connectivity index is 1.51. The van der Waals surface area contributed by atoms with Gasteiger partial charge in [0.15, 0.2) is 5.65 Å². The summed E-state index contributed by atoms with van der Waals surface area (Å²) in [7, 11) is 0. The molecule has 0 spiro atoms. The minimum absolute atomic E-state index is 0.0165. The van der Waals surface area contributed by atoms with Crippen LogP contribution in [0.1, 0.15) is 55.2 Å². The summed E-state index contributed by atoms with van der Waals surface area (Å²) in [5.41, 5.74) is 1.38. The van der Waals surface area contributed by atoms with Gasteiger partial charge in [0.05, 0.1) is 0 Å². The number of pyridine rings is 1. The Hall–Kier alpha value is -3.22. The molecule has 3 heterocycles. The molecule has 0 unspecified atom stereocenters. The van der Waals surface area contributed by atoms with Gasteiger partial charge < -0.3 is 10.2 Å². The maximum Gasteiger partial charge on any atom is 0.251 e. The first-order valence-corrected chi connectivity index (χ1v) is 11.0. The van der Waals surface area contributed by atoms with E-state index in [-0.39, 0.29) is 23.7 Å². The summed E-state index contributed by atoms with van der Waals surface area (Å²) >= 11 is 0. The van der Waals surface area contributed by atoms with Crippen molar-refractivity contribution in [1.82, 2.24) is 24.8 Å². The summed E-state index contributed by atoms with van der Waals surface area (Å²) in [5, 5.41) is 11.7. The molecule has 0 saturated carbocycles. The summed E-state index contributed by atoms with van der Waals surface area (Å²) in [6, 6.07) is 14.3. The van der Waals surface area contributed by atoms with Gasteiger partial charge in [-0.2, -0.15) is 0 Å². The summed E-state index contributed by atoms with van der Waals surface area (Å²) in [6.07, 6.45) is 4.63. The van der Waals surface area contributed by atoms with Crippen molar-refractivity contribution in [1.29, 1.82) is 0 Å². The molecule has 1 fully saturated rings. The van der Waals surface area contributed by atoms with Crippen LogP contribution in [0.3, 0.4) is 0 Å². The van der Waals surface area contributed by atoms with Gasteiger partial charge in [0.1, 0.15) is 11.9 Å². The first kappa shape index (κ1) is 21.0. The standard InChI is InChI=1S/C24H29N5O2/c1-3-17(2)21(25-23(30)18-10-5-4-6-11-18)24(31)28-14-9-12-19(16-28)22-27-26-20-13-7-8-15-29(20)22/h4-8,10-11,13,15,17,19,21H,3,9,12,14,16H2,1-2H3,(H,25,30)/t17-,19-,21-/m0/s1. The lowest BCUT2D eigenvalue weighted by molar-refractivity contribution is -0.135. The number of nitrogens with zero attached hydrogens (tertiary/aromatic N) is 4. The fourth-order valence-electron chi connectivity index (χ4n) is 4.22. The normalized spacial score (nSPS) is 18.5. The van der Waals surface area contributed by atoms with Gasteiger partial charge in [-0.25, -0.2) is 0 Å². The molecule has 1 saturated heterocycles. The monoisotopic (exact) mass is 419 g/mol. The Morgan fingerprint density at radius 2 is 1.90 bits per heavy atom. The van der Waals surface area contributed by atoms with Crippen LogP contribution in [0.25, 0.3) is 5.65 Å². The van der Waals surface area contributed by atoms with Gasteiger partial charge in [-0.1, -0.05) is 44.5 Å².